The van der Waals surface area contributed by atoms with Gasteiger partial charge in [0.2, 0.25) is 5.91 Å². The highest BCUT2D eigenvalue weighted by atomic mass is 19.4. The monoisotopic (exact) mass is 391 g/mol. The molecule has 9 nitrogen and oxygen atoms in total. The fourth-order valence-corrected chi connectivity index (χ4v) is 2.17. The van der Waals surface area contributed by atoms with Crippen LogP contribution in [0.15, 0.2) is 18.2 Å². The number of halogens is 3. The van der Waals surface area contributed by atoms with Crippen molar-refractivity contribution in [3.63, 3.8) is 0 Å². The predicted octanol–water partition coefficient (Wildman–Crippen LogP) is -0.803. The van der Waals surface area contributed by atoms with Crippen molar-refractivity contribution in [3.8, 4) is 0 Å². The Morgan fingerprint density at radius 2 is 1.78 bits per heavy atom. The largest absolute Gasteiger partial charge is 0.490 e. The summed E-state index contributed by atoms with van der Waals surface area (Å²) in [6, 6.07) is 3.43. The first-order valence-corrected chi connectivity index (χ1v) is 7.33. The Balaban J connectivity index is 0.000000445. The van der Waals surface area contributed by atoms with Gasteiger partial charge in [-0.3, -0.25) is 14.4 Å². The molecule has 0 aliphatic carbocycles. The number of carbonyl (C=O) groups is 4. The molecule has 0 aromatic heterocycles. The number of benzene rings is 1. The van der Waals surface area contributed by atoms with Crippen LogP contribution in [0.3, 0.4) is 0 Å². The van der Waals surface area contributed by atoms with Gasteiger partial charge in [0.25, 0.3) is 5.91 Å². The number of aliphatic hydroxyl groups excluding tert-OH is 1. The molecule has 1 aromatic rings. The van der Waals surface area contributed by atoms with Gasteiger partial charge in [0, 0.05) is 17.8 Å². The summed E-state index contributed by atoms with van der Waals surface area (Å²) in [6.45, 7) is -0.405. The number of aliphatic carboxylic acids is 1. The van der Waals surface area contributed by atoms with Crippen LogP contribution in [0.1, 0.15) is 15.9 Å². The standard InChI is InChI=1S/C13H15N3O4.C2HF3O2/c14-11(10(18)6-17)13(20)16-4-3-7-1-2-8(12(15)19)5-9(7)16;3-2(4,5)1(6)7/h1-2,5,11,17H,3-4,6,14H2,(H2,15,19);(H,6,7). The number of hydrogen-bond acceptors (Lipinski definition) is 6. The molecule has 0 radical (unpaired) electrons. The van der Waals surface area contributed by atoms with Crippen LogP contribution in [0.25, 0.3) is 0 Å². The Morgan fingerprint density at radius 1 is 1.22 bits per heavy atom. The van der Waals surface area contributed by atoms with Gasteiger partial charge in [-0.05, 0) is 24.1 Å². The van der Waals surface area contributed by atoms with Gasteiger partial charge in [0.05, 0.1) is 0 Å². The van der Waals surface area contributed by atoms with Crippen LogP contribution in [0.2, 0.25) is 0 Å². The van der Waals surface area contributed by atoms with E-state index in [4.69, 9.17) is 26.5 Å². The van der Waals surface area contributed by atoms with E-state index in [1.807, 2.05) is 0 Å². The molecule has 12 heteroatoms. The van der Waals surface area contributed by atoms with E-state index >= 15 is 0 Å². The number of amides is 2. The highest BCUT2D eigenvalue weighted by molar-refractivity contribution is 6.13. The van der Waals surface area contributed by atoms with Gasteiger partial charge >= 0.3 is 12.1 Å². The van der Waals surface area contributed by atoms with E-state index in [0.29, 0.717) is 18.7 Å². The number of anilines is 1. The third kappa shape index (κ3) is 5.49. The van der Waals surface area contributed by atoms with E-state index in [9.17, 15) is 27.6 Å². The lowest BCUT2D eigenvalue weighted by molar-refractivity contribution is -0.192. The number of ketones is 1. The van der Waals surface area contributed by atoms with Crippen molar-refractivity contribution in [2.24, 2.45) is 11.5 Å². The van der Waals surface area contributed by atoms with E-state index in [2.05, 4.69) is 0 Å². The van der Waals surface area contributed by atoms with E-state index in [1.54, 1.807) is 12.1 Å². The summed E-state index contributed by atoms with van der Waals surface area (Å²) in [5, 5.41) is 15.9. The number of aliphatic hydroxyl groups is 1. The molecule has 6 N–H and O–H groups in total. The second kappa shape index (κ2) is 8.60. The van der Waals surface area contributed by atoms with Crippen LogP contribution in [-0.2, 0) is 20.8 Å². The molecule has 0 bridgehead atoms. The van der Waals surface area contributed by atoms with Crippen molar-refractivity contribution < 1.29 is 42.6 Å². The van der Waals surface area contributed by atoms with Gasteiger partial charge in [-0.25, -0.2) is 4.79 Å². The number of fused-ring (bicyclic) bond motifs is 1. The van der Waals surface area contributed by atoms with Crippen LogP contribution in [0.4, 0.5) is 18.9 Å². The topological polar surface area (TPSA) is 164 Å². The van der Waals surface area contributed by atoms with Crippen molar-refractivity contribution >= 4 is 29.3 Å². The summed E-state index contributed by atoms with van der Waals surface area (Å²) in [4.78, 5) is 44.9. The van der Waals surface area contributed by atoms with Gasteiger partial charge in [0.1, 0.15) is 12.6 Å². The van der Waals surface area contributed by atoms with Crippen molar-refractivity contribution in [2.75, 3.05) is 18.1 Å². The Morgan fingerprint density at radius 3 is 2.22 bits per heavy atom. The van der Waals surface area contributed by atoms with Gasteiger partial charge in [-0.2, -0.15) is 13.2 Å². The second-order valence-corrected chi connectivity index (χ2v) is 5.35. The van der Waals surface area contributed by atoms with E-state index in [1.165, 1.54) is 11.0 Å². The number of carboxylic acids is 1. The minimum absolute atomic E-state index is 0.283. The molecule has 0 saturated heterocycles. The number of nitrogens with two attached hydrogens (primary N) is 2. The maximum absolute atomic E-state index is 12.1. The average Bonchev–Trinajstić information content (AvgIpc) is 3.02. The smallest absolute Gasteiger partial charge is 0.475 e. The maximum Gasteiger partial charge on any atom is 0.490 e. The zero-order chi connectivity index (χ0) is 20.9. The zero-order valence-electron chi connectivity index (χ0n) is 13.7. The molecule has 148 valence electrons. The average molecular weight is 391 g/mol. The molecule has 27 heavy (non-hydrogen) atoms. The third-order valence-electron chi connectivity index (χ3n) is 3.54. The zero-order valence-corrected chi connectivity index (χ0v) is 13.7. The number of alkyl halides is 3. The molecule has 1 atom stereocenters. The summed E-state index contributed by atoms with van der Waals surface area (Å²) >= 11 is 0. The summed E-state index contributed by atoms with van der Waals surface area (Å²) < 4.78 is 31.7. The number of carboxylic acid groups (broad SMARTS) is 1. The van der Waals surface area contributed by atoms with Crippen molar-refractivity contribution in [3.05, 3.63) is 29.3 Å². The molecule has 0 spiro atoms. The third-order valence-corrected chi connectivity index (χ3v) is 3.54. The van der Waals surface area contributed by atoms with Gasteiger partial charge < -0.3 is 26.6 Å². The fourth-order valence-electron chi connectivity index (χ4n) is 2.17. The van der Waals surface area contributed by atoms with Crippen molar-refractivity contribution in [1.82, 2.24) is 0 Å². The molecular formula is C15H16F3N3O6. The molecule has 1 aromatic carbocycles. The first-order valence-electron chi connectivity index (χ1n) is 7.33. The molecular weight excluding hydrogens is 375 g/mol. The molecule has 0 saturated carbocycles. The van der Waals surface area contributed by atoms with E-state index < -0.39 is 42.4 Å². The van der Waals surface area contributed by atoms with Crippen molar-refractivity contribution in [2.45, 2.75) is 18.6 Å². The molecule has 2 amide bonds. The van der Waals surface area contributed by atoms with Crippen molar-refractivity contribution in [1.29, 1.82) is 0 Å². The fraction of sp³-hybridized carbons (Fsp3) is 0.333. The Labute approximate surface area is 150 Å². The van der Waals surface area contributed by atoms with Gasteiger partial charge in [-0.1, -0.05) is 6.07 Å². The number of rotatable bonds is 4. The molecule has 1 aliphatic rings. The Hall–Kier alpha value is -2.99. The molecule has 2 rings (SSSR count). The molecule has 1 unspecified atom stereocenters. The van der Waals surface area contributed by atoms with Gasteiger partial charge in [0.15, 0.2) is 5.78 Å². The first-order chi connectivity index (χ1) is 12.4. The highest BCUT2D eigenvalue weighted by Gasteiger charge is 2.38. The Kier molecular flexibility index (Phi) is 7.02. The van der Waals surface area contributed by atoms with Gasteiger partial charge in [-0.15, -0.1) is 0 Å². The van der Waals surface area contributed by atoms with Crippen LogP contribution in [-0.4, -0.2) is 59.1 Å². The number of Topliss-reactive ketones (excluding diaryl/α,β-unsaturated/α-hetero) is 1. The molecule has 0 fully saturated rings. The number of primary amides is 1. The van der Waals surface area contributed by atoms with E-state index in [0.717, 1.165) is 5.56 Å². The predicted molar refractivity (Wildman–Crippen MR) is 84.8 cm³/mol. The number of nitrogens with zero attached hydrogens (tertiary/aromatic N) is 1. The number of hydrogen-bond donors (Lipinski definition) is 4. The van der Waals surface area contributed by atoms with Crippen LogP contribution < -0.4 is 16.4 Å². The lowest BCUT2D eigenvalue weighted by atomic mass is 10.1. The van der Waals surface area contributed by atoms with Crippen LogP contribution >= 0.6 is 0 Å². The summed E-state index contributed by atoms with van der Waals surface area (Å²) in [5.41, 5.74) is 12.4. The normalized spacial score (nSPS) is 13.9. The minimum Gasteiger partial charge on any atom is -0.475 e. The lowest BCUT2D eigenvalue weighted by Crippen LogP contribution is -2.48. The SMILES string of the molecule is NC(=O)c1ccc2c(c1)N(C(=O)C(N)C(=O)CO)CC2.O=C(O)C(F)(F)F. The first kappa shape index (κ1) is 22.1. The molecule has 1 heterocycles. The number of carbonyl (C=O) groups excluding carboxylic acids is 3. The van der Waals surface area contributed by atoms with Crippen LogP contribution in [0.5, 0.6) is 0 Å². The Bertz CT molecular complexity index is 766. The minimum atomic E-state index is -5.08. The van der Waals surface area contributed by atoms with E-state index in [-0.39, 0.29) is 5.56 Å². The quantitative estimate of drug-likeness (QED) is 0.488. The molecule has 1 aliphatic heterocycles. The summed E-state index contributed by atoms with van der Waals surface area (Å²) in [7, 11) is 0. The van der Waals surface area contributed by atoms with Crippen LogP contribution in [0, 0.1) is 0 Å². The lowest BCUT2D eigenvalue weighted by Gasteiger charge is -2.20. The summed E-state index contributed by atoms with van der Waals surface area (Å²) in [6.07, 6.45) is -4.47. The second-order valence-electron chi connectivity index (χ2n) is 5.35. The summed E-state index contributed by atoms with van der Waals surface area (Å²) in [5.74, 6) is -4.69. The maximum atomic E-state index is 12.1. The highest BCUT2D eigenvalue weighted by Crippen LogP contribution is 2.29.